The second kappa shape index (κ2) is 7.25. The topological polar surface area (TPSA) is 66.1 Å². The molecule has 3 aliphatic rings. The Morgan fingerprint density at radius 1 is 1.35 bits per heavy atom. The minimum Gasteiger partial charge on any atom is -0.347 e. The van der Waals surface area contributed by atoms with Crippen LogP contribution in [0.2, 0.25) is 0 Å². The third kappa shape index (κ3) is 3.14. The Balaban J connectivity index is 1.49. The summed E-state index contributed by atoms with van der Waals surface area (Å²) in [6.07, 6.45) is 3.47. The van der Waals surface area contributed by atoms with E-state index >= 15 is 0 Å². The molecule has 142 valence electrons. The summed E-state index contributed by atoms with van der Waals surface area (Å²) >= 11 is 0. The second-order valence-corrected chi connectivity index (χ2v) is 7.40. The minimum atomic E-state index is -0.373. The van der Waals surface area contributed by atoms with Crippen molar-refractivity contribution < 1.29 is 14.5 Å². The van der Waals surface area contributed by atoms with Gasteiger partial charge in [0.1, 0.15) is 12.4 Å². The van der Waals surface area contributed by atoms with Gasteiger partial charge in [0.15, 0.2) is 6.10 Å². The lowest BCUT2D eigenvalue weighted by Crippen LogP contribution is -2.36. The van der Waals surface area contributed by atoms with E-state index in [-0.39, 0.29) is 30.4 Å². The molecule has 1 aliphatic carbocycles. The van der Waals surface area contributed by atoms with Crippen molar-refractivity contribution in [3.63, 3.8) is 0 Å². The van der Waals surface area contributed by atoms with E-state index in [1.54, 1.807) is 0 Å². The fourth-order valence-corrected chi connectivity index (χ4v) is 4.35. The van der Waals surface area contributed by atoms with E-state index in [0.717, 1.165) is 32.2 Å². The molecule has 0 bridgehead atoms. The van der Waals surface area contributed by atoms with Crippen LogP contribution in [0.5, 0.6) is 0 Å². The van der Waals surface area contributed by atoms with Crippen LogP contribution < -0.4 is 10.8 Å². The number of fused-ring (bicyclic) bond motifs is 1. The number of rotatable bonds is 4. The number of amides is 1. The Morgan fingerprint density at radius 3 is 2.88 bits per heavy atom. The van der Waals surface area contributed by atoms with Crippen molar-refractivity contribution in [2.75, 3.05) is 20.6 Å². The van der Waals surface area contributed by atoms with Gasteiger partial charge in [0, 0.05) is 13.6 Å². The largest absolute Gasteiger partial charge is 0.347 e. The highest BCUT2D eigenvalue weighted by molar-refractivity contribution is 5.81. The second-order valence-electron chi connectivity index (χ2n) is 7.40. The number of carbonyl (C=O) groups excluding carboxylic acids is 1. The highest BCUT2D eigenvalue weighted by Crippen LogP contribution is 2.37. The summed E-state index contributed by atoms with van der Waals surface area (Å²) in [5.41, 5.74) is 6.55. The molecular weight excluding hydrogens is 332 g/mol. The lowest BCUT2D eigenvalue weighted by molar-refractivity contribution is -0.146. The Bertz CT molecular complexity index is 677. The Morgan fingerprint density at radius 2 is 2.19 bits per heavy atom. The van der Waals surface area contributed by atoms with Gasteiger partial charge in [0.2, 0.25) is 0 Å². The maximum atomic E-state index is 12.3. The first kappa shape index (κ1) is 17.9. The molecule has 0 aromatic heterocycles. The van der Waals surface area contributed by atoms with Crippen LogP contribution in [-0.2, 0) is 20.9 Å². The molecule has 0 radical (unpaired) electrons. The van der Waals surface area contributed by atoms with Crippen LogP contribution >= 0.6 is 0 Å². The number of nitrogens with zero attached hydrogens (tertiary/aromatic N) is 2. The predicted octanol–water partition coefficient (Wildman–Crippen LogP) is 1.63. The summed E-state index contributed by atoms with van der Waals surface area (Å²) in [6, 6.07) is 6.68. The molecule has 26 heavy (non-hydrogen) atoms. The van der Waals surface area contributed by atoms with E-state index in [2.05, 4.69) is 47.9 Å². The quantitative estimate of drug-likeness (QED) is 0.851. The monoisotopic (exact) mass is 360 g/mol. The summed E-state index contributed by atoms with van der Waals surface area (Å²) in [6.45, 7) is 2.86. The molecule has 1 amide bonds. The van der Waals surface area contributed by atoms with Crippen LogP contribution in [0.3, 0.4) is 0 Å². The normalized spacial score (nSPS) is 32.1. The van der Waals surface area contributed by atoms with Gasteiger partial charge in [-0.25, -0.2) is 5.48 Å². The van der Waals surface area contributed by atoms with Crippen molar-refractivity contribution in [1.82, 2.24) is 20.8 Å². The first-order chi connectivity index (χ1) is 12.6. The summed E-state index contributed by atoms with van der Waals surface area (Å²) in [5, 5.41) is 5.09. The molecule has 0 spiro atoms. The molecule has 0 saturated carbocycles. The van der Waals surface area contributed by atoms with Gasteiger partial charge in [-0.05, 0) is 49.4 Å². The van der Waals surface area contributed by atoms with Crippen LogP contribution in [0.1, 0.15) is 55.1 Å². The van der Waals surface area contributed by atoms with Gasteiger partial charge in [-0.1, -0.05) is 25.1 Å². The maximum absolute atomic E-state index is 12.3. The number of hydroxylamine groups is 3. The molecule has 7 nitrogen and oxygen atoms in total. The van der Waals surface area contributed by atoms with Crippen molar-refractivity contribution in [3.05, 3.63) is 34.9 Å². The zero-order valence-electron chi connectivity index (χ0n) is 15.7. The van der Waals surface area contributed by atoms with E-state index in [1.807, 2.05) is 12.1 Å². The molecule has 3 unspecified atom stereocenters. The smallest absolute Gasteiger partial charge is 0.251 e. The van der Waals surface area contributed by atoms with E-state index < -0.39 is 0 Å². The summed E-state index contributed by atoms with van der Waals surface area (Å²) in [5.74, 6) is -0.0219. The zero-order valence-corrected chi connectivity index (χ0v) is 15.7. The first-order valence-corrected chi connectivity index (χ1v) is 9.51. The van der Waals surface area contributed by atoms with Gasteiger partial charge in [0.05, 0.1) is 6.04 Å². The number of aryl methyl sites for hydroxylation is 1. The number of nitrogens with one attached hydrogen (secondary N) is 2. The van der Waals surface area contributed by atoms with Crippen LogP contribution in [-0.4, -0.2) is 48.8 Å². The molecule has 2 N–H and O–H groups in total. The molecule has 1 aromatic carbocycles. The predicted molar refractivity (Wildman–Crippen MR) is 96.6 cm³/mol. The van der Waals surface area contributed by atoms with E-state index in [1.165, 1.54) is 16.7 Å². The van der Waals surface area contributed by atoms with Gasteiger partial charge in [0.25, 0.3) is 5.91 Å². The van der Waals surface area contributed by atoms with Crippen LogP contribution in [0, 0.1) is 0 Å². The number of benzene rings is 1. The highest BCUT2D eigenvalue weighted by Gasteiger charge is 2.37. The first-order valence-electron chi connectivity index (χ1n) is 9.51. The standard InChI is InChI=1S/C19H28N4O3/c1-4-17-22(2)19(23(3)26-17)13-5-7-14-12(11-13)6-8-15(14)21-18(24)16-9-10-20-25-16/h5,7,11,15-17,19-20H,4,6,8-10H2,1-3H3,(H,21,24)/t15-,16?,17?,19?/m1/s1. The molecule has 4 rings (SSSR count). The third-order valence-electron chi connectivity index (χ3n) is 5.71. The van der Waals surface area contributed by atoms with Gasteiger partial charge in [-0.3, -0.25) is 19.4 Å². The van der Waals surface area contributed by atoms with E-state index in [4.69, 9.17) is 9.68 Å². The van der Waals surface area contributed by atoms with Crippen molar-refractivity contribution in [2.24, 2.45) is 0 Å². The van der Waals surface area contributed by atoms with Gasteiger partial charge in [-0.15, -0.1) is 0 Å². The van der Waals surface area contributed by atoms with Crippen molar-refractivity contribution in [3.8, 4) is 0 Å². The van der Waals surface area contributed by atoms with Crippen molar-refractivity contribution >= 4 is 5.91 Å². The average Bonchev–Trinajstić information content (AvgIpc) is 3.35. The zero-order chi connectivity index (χ0) is 18.3. The van der Waals surface area contributed by atoms with E-state index in [9.17, 15) is 4.79 Å². The van der Waals surface area contributed by atoms with Gasteiger partial charge < -0.3 is 5.32 Å². The minimum absolute atomic E-state index is 0.0219. The van der Waals surface area contributed by atoms with Crippen LogP contribution in [0.15, 0.2) is 18.2 Å². The van der Waals surface area contributed by atoms with E-state index in [0.29, 0.717) is 0 Å². The molecule has 2 saturated heterocycles. The van der Waals surface area contributed by atoms with Gasteiger partial charge in [-0.2, -0.15) is 5.06 Å². The highest BCUT2D eigenvalue weighted by atomic mass is 16.7. The number of hydrogen-bond acceptors (Lipinski definition) is 6. The SMILES string of the molecule is CCC1ON(C)C(c2ccc3c(c2)CC[C@H]3NC(=O)C2CCNO2)N1C. The molecule has 1 aromatic rings. The molecular formula is C19H28N4O3. The summed E-state index contributed by atoms with van der Waals surface area (Å²) in [4.78, 5) is 25.8. The Kier molecular flexibility index (Phi) is 4.98. The lowest BCUT2D eigenvalue weighted by Gasteiger charge is -2.24. The Labute approximate surface area is 154 Å². The lowest BCUT2D eigenvalue weighted by atomic mass is 10.0. The number of hydrogen-bond donors (Lipinski definition) is 2. The molecule has 4 atom stereocenters. The fourth-order valence-electron chi connectivity index (χ4n) is 4.35. The third-order valence-corrected chi connectivity index (χ3v) is 5.71. The summed E-state index contributed by atoms with van der Waals surface area (Å²) < 4.78 is 0. The fraction of sp³-hybridized carbons (Fsp3) is 0.632. The van der Waals surface area contributed by atoms with Crippen molar-refractivity contribution in [1.29, 1.82) is 0 Å². The average molecular weight is 360 g/mol. The number of carbonyl (C=O) groups is 1. The molecule has 2 heterocycles. The maximum Gasteiger partial charge on any atom is 0.251 e. The van der Waals surface area contributed by atoms with Crippen molar-refractivity contribution in [2.45, 2.75) is 57.1 Å². The molecule has 7 heteroatoms. The summed E-state index contributed by atoms with van der Waals surface area (Å²) in [7, 11) is 4.09. The molecule has 2 fully saturated rings. The molecule has 2 aliphatic heterocycles. The van der Waals surface area contributed by atoms with Crippen LogP contribution in [0.25, 0.3) is 0 Å². The van der Waals surface area contributed by atoms with Gasteiger partial charge >= 0.3 is 0 Å². The Hall–Kier alpha value is -1.51. The van der Waals surface area contributed by atoms with Crippen LogP contribution in [0.4, 0.5) is 0 Å².